The average molecular weight is 706 g/mol. The van der Waals surface area contributed by atoms with Crippen LogP contribution in [0.2, 0.25) is 0 Å². The smallest absolute Gasteiger partial charge is 0.161 e. The fourth-order valence-electron chi connectivity index (χ4n) is 7.94. The maximum absolute atomic E-state index is 6.35. The van der Waals surface area contributed by atoms with Crippen molar-refractivity contribution in [3.05, 3.63) is 198 Å². The van der Waals surface area contributed by atoms with Crippen molar-refractivity contribution >= 4 is 55.8 Å². The van der Waals surface area contributed by atoms with E-state index in [1.165, 1.54) is 27.4 Å². The van der Waals surface area contributed by atoms with E-state index >= 15 is 0 Å². The second kappa shape index (κ2) is 13.3. The van der Waals surface area contributed by atoms with Crippen LogP contribution in [0.3, 0.4) is 0 Å². The molecule has 0 saturated heterocycles. The Kier molecular flexibility index (Phi) is 7.81. The largest absolute Gasteiger partial charge is 0.457 e. The molecule has 0 fully saturated rings. The minimum absolute atomic E-state index is 0.576. The van der Waals surface area contributed by atoms with Crippen molar-refractivity contribution in [3.8, 4) is 39.2 Å². The van der Waals surface area contributed by atoms with E-state index in [1.54, 1.807) is 0 Å². The van der Waals surface area contributed by atoms with Gasteiger partial charge in [-0.05, 0) is 77.7 Å². The number of benzene rings is 7. The zero-order chi connectivity index (χ0) is 36.9. The Morgan fingerprint density at radius 1 is 0.545 bits per heavy atom. The van der Waals surface area contributed by atoms with Crippen LogP contribution in [0.25, 0.3) is 95.0 Å². The second-order valence-corrected chi connectivity index (χ2v) is 13.8. The number of fused-ring (bicyclic) bond motifs is 5. The highest BCUT2D eigenvalue weighted by Crippen LogP contribution is 2.36. The molecule has 260 valence electrons. The number of hydrogen-bond acceptors (Lipinski definition) is 3. The molecule has 0 spiro atoms. The summed E-state index contributed by atoms with van der Waals surface area (Å²) in [6.45, 7) is 6.41. The lowest BCUT2D eigenvalue weighted by Crippen LogP contribution is -2.22. The Balaban J connectivity index is 1.15. The van der Waals surface area contributed by atoms with Gasteiger partial charge in [-0.1, -0.05) is 140 Å². The summed E-state index contributed by atoms with van der Waals surface area (Å²) in [5.41, 5.74) is 13.0. The highest BCUT2D eigenvalue weighted by atomic mass is 16.3. The first-order valence-corrected chi connectivity index (χ1v) is 18.5. The number of aromatic nitrogens is 3. The van der Waals surface area contributed by atoms with Gasteiger partial charge in [0.05, 0.1) is 22.2 Å². The van der Waals surface area contributed by atoms with Crippen molar-refractivity contribution in [2.45, 2.75) is 6.92 Å². The number of nitrogens with zero attached hydrogens (tertiary/aromatic N) is 3. The number of furan rings is 1. The molecule has 0 atom stereocenters. The third-order valence-corrected chi connectivity index (χ3v) is 10.5. The first-order valence-electron chi connectivity index (χ1n) is 18.5. The summed E-state index contributed by atoms with van der Waals surface area (Å²) in [7, 11) is 0. The van der Waals surface area contributed by atoms with Gasteiger partial charge in [0.15, 0.2) is 5.82 Å². The van der Waals surface area contributed by atoms with E-state index < -0.39 is 0 Å². The number of hydrogen-bond donors (Lipinski definition) is 0. The topological polar surface area (TPSA) is 43.9 Å². The Hall–Kier alpha value is -7.30. The highest BCUT2D eigenvalue weighted by Gasteiger charge is 2.17. The van der Waals surface area contributed by atoms with Crippen LogP contribution < -0.4 is 10.6 Å². The summed E-state index contributed by atoms with van der Waals surface area (Å²) in [6, 6.07) is 59.6. The predicted octanol–water partition coefficient (Wildman–Crippen LogP) is 11.7. The average Bonchev–Trinajstić information content (AvgIpc) is 3.76. The summed E-state index contributed by atoms with van der Waals surface area (Å²) in [4.78, 5) is 10.4. The summed E-state index contributed by atoms with van der Waals surface area (Å²) in [5, 5.41) is 5.27. The molecule has 0 N–H and O–H groups in total. The van der Waals surface area contributed by atoms with E-state index in [0.29, 0.717) is 11.2 Å². The van der Waals surface area contributed by atoms with Crippen LogP contribution in [-0.2, 0) is 0 Å². The van der Waals surface area contributed by atoms with Crippen molar-refractivity contribution in [1.82, 2.24) is 14.5 Å². The Bertz CT molecular complexity index is 3210. The lowest BCUT2D eigenvalue weighted by molar-refractivity contribution is 0.577. The van der Waals surface area contributed by atoms with E-state index in [-0.39, 0.29) is 0 Å². The molecule has 0 unspecified atom stereocenters. The Morgan fingerprint density at radius 2 is 1.15 bits per heavy atom. The molecule has 4 nitrogen and oxygen atoms in total. The summed E-state index contributed by atoms with van der Waals surface area (Å²) in [6.07, 6.45) is 4.10. The van der Waals surface area contributed by atoms with Gasteiger partial charge in [-0.15, -0.1) is 0 Å². The molecule has 0 aliphatic heterocycles. The fraction of sp³-hybridized carbons (Fsp3) is 0.0196. The van der Waals surface area contributed by atoms with Crippen LogP contribution in [0.5, 0.6) is 0 Å². The maximum atomic E-state index is 6.35. The fourth-order valence-corrected chi connectivity index (χ4v) is 7.94. The van der Waals surface area contributed by atoms with Gasteiger partial charge in [-0.25, -0.2) is 9.97 Å². The second-order valence-electron chi connectivity index (χ2n) is 13.8. The van der Waals surface area contributed by atoms with Crippen LogP contribution in [0.1, 0.15) is 12.7 Å². The normalized spacial score (nSPS) is 12.4. The van der Waals surface area contributed by atoms with E-state index in [1.807, 2.05) is 31.2 Å². The highest BCUT2D eigenvalue weighted by molar-refractivity contribution is 6.10. The standard InChI is InChI=1S/C51H35N3O/c1-3-14-42(51-52-45-21-12-10-20-41(45)50(53-51)36-25-23-35(24-26-36)34-15-6-4-7-16-34)49-33(2)55-48-30-28-38(32-44(48)49)37-27-29-47-43(31-37)40-19-11-13-22-46(40)54(47)39-17-8-5-9-18-39/h3-32H,2H2,1H3/b14-3-,49-42-. The van der Waals surface area contributed by atoms with E-state index in [0.717, 1.165) is 66.3 Å². The first kappa shape index (κ1) is 32.4. The first-order chi connectivity index (χ1) is 27.1. The molecule has 0 aliphatic carbocycles. The SMILES string of the molecule is C=c1oc2ccc(-c3ccc4c(c3)c3ccccc3n4-c3ccccc3)cc2/c1=C(/C=C\C)c1nc(-c2ccc(-c3ccccc3)cc2)c2ccccc2n1. The molecule has 3 heterocycles. The molecule has 0 bridgehead atoms. The van der Waals surface area contributed by atoms with Gasteiger partial charge in [0, 0.05) is 43.6 Å². The van der Waals surface area contributed by atoms with Gasteiger partial charge in [0.25, 0.3) is 0 Å². The molecule has 0 amide bonds. The molecule has 0 aliphatic rings. The minimum Gasteiger partial charge on any atom is -0.457 e. The summed E-state index contributed by atoms with van der Waals surface area (Å²) in [5.74, 6) is 0.618. The predicted molar refractivity (Wildman–Crippen MR) is 228 cm³/mol. The summed E-state index contributed by atoms with van der Waals surface area (Å²) < 4.78 is 8.69. The van der Waals surface area contributed by atoms with E-state index in [4.69, 9.17) is 14.4 Å². The van der Waals surface area contributed by atoms with Gasteiger partial charge in [-0.2, -0.15) is 0 Å². The van der Waals surface area contributed by atoms with Crippen molar-refractivity contribution in [1.29, 1.82) is 0 Å². The van der Waals surface area contributed by atoms with Gasteiger partial charge in [-0.3, -0.25) is 0 Å². The molecule has 10 rings (SSSR count). The van der Waals surface area contributed by atoms with Gasteiger partial charge >= 0.3 is 0 Å². The van der Waals surface area contributed by atoms with E-state index in [2.05, 4.69) is 169 Å². The minimum atomic E-state index is 0.576. The van der Waals surface area contributed by atoms with Crippen molar-refractivity contribution in [3.63, 3.8) is 0 Å². The molecule has 3 aromatic heterocycles. The zero-order valence-electron chi connectivity index (χ0n) is 30.3. The Labute approximate surface area is 318 Å². The molecular weight excluding hydrogens is 671 g/mol. The molecule has 0 radical (unpaired) electrons. The van der Waals surface area contributed by atoms with Crippen molar-refractivity contribution in [2.75, 3.05) is 0 Å². The monoisotopic (exact) mass is 705 g/mol. The number of allylic oxidation sites excluding steroid dienone is 2. The van der Waals surface area contributed by atoms with Crippen LogP contribution in [0.4, 0.5) is 0 Å². The van der Waals surface area contributed by atoms with Crippen LogP contribution in [0.15, 0.2) is 186 Å². The quantitative estimate of drug-likeness (QED) is 0.173. The molecule has 0 saturated carbocycles. The molecule has 55 heavy (non-hydrogen) atoms. The Morgan fingerprint density at radius 3 is 1.93 bits per heavy atom. The van der Waals surface area contributed by atoms with Crippen LogP contribution in [0, 0.1) is 0 Å². The number of rotatable bonds is 6. The van der Waals surface area contributed by atoms with Crippen molar-refractivity contribution < 1.29 is 4.42 Å². The molecule has 10 aromatic rings. The maximum Gasteiger partial charge on any atom is 0.161 e. The van der Waals surface area contributed by atoms with Gasteiger partial charge < -0.3 is 8.98 Å². The van der Waals surface area contributed by atoms with E-state index in [9.17, 15) is 0 Å². The lowest BCUT2D eigenvalue weighted by atomic mass is 9.99. The van der Waals surface area contributed by atoms with Crippen LogP contribution >= 0.6 is 0 Å². The third-order valence-electron chi connectivity index (χ3n) is 10.5. The molecule has 4 heteroatoms. The van der Waals surface area contributed by atoms with Crippen LogP contribution in [-0.4, -0.2) is 14.5 Å². The number of para-hydroxylation sites is 3. The van der Waals surface area contributed by atoms with Gasteiger partial charge in [0.1, 0.15) is 11.0 Å². The summed E-state index contributed by atoms with van der Waals surface area (Å²) >= 11 is 0. The van der Waals surface area contributed by atoms with Crippen molar-refractivity contribution in [2.24, 2.45) is 0 Å². The lowest BCUT2D eigenvalue weighted by Gasteiger charge is -2.11. The molecular formula is C51H35N3O. The third kappa shape index (κ3) is 5.55. The molecule has 7 aromatic carbocycles. The van der Waals surface area contributed by atoms with Gasteiger partial charge in [0.2, 0.25) is 0 Å². The zero-order valence-corrected chi connectivity index (χ0v) is 30.3.